The third kappa shape index (κ3) is 4.41. The van der Waals surface area contributed by atoms with Crippen molar-refractivity contribution in [1.82, 2.24) is 4.90 Å². The Hall–Kier alpha value is -1.69. The molecule has 2 aliphatic rings. The fraction of sp³-hybridized carbons (Fsp3) is 0.588. The number of halogens is 2. The molecule has 1 saturated heterocycles. The van der Waals surface area contributed by atoms with Crippen molar-refractivity contribution in [3.05, 3.63) is 29.8 Å². The van der Waals surface area contributed by atoms with E-state index in [0.717, 1.165) is 32.3 Å². The Bertz CT molecular complexity index is 525. The third-order valence-corrected chi connectivity index (χ3v) is 4.14. The van der Waals surface area contributed by atoms with E-state index in [9.17, 15) is 13.6 Å². The largest absolute Gasteiger partial charge is 0.491 e. The van der Waals surface area contributed by atoms with E-state index >= 15 is 0 Å². The molecule has 1 atom stereocenters. The summed E-state index contributed by atoms with van der Waals surface area (Å²) in [4.78, 5) is 13.7. The fourth-order valence-corrected chi connectivity index (χ4v) is 2.76. The van der Waals surface area contributed by atoms with Crippen LogP contribution >= 0.6 is 0 Å². The number of carbonyl (C=O) groups is 1. The van der Waals surface area contributed by atoms with Gasteiger partial charge < -0.3 is 14.4 Å². The highest BCUT2D eigenvalue weighted by Crippen LogP contribution is 2.29. The molecule has 0 unspecified atom stereocenters. The second-order valence-corrected chi connectivity index (χ2v) is 6.05. The van der Waals surface area contributed by atoms with Crippen LogP contribution in [0, 0.1) is 0 Å². The zero-order chi connectivity index (χ0) is 16.2. The highest BCUT2D eigenvalue weighted by atomic mass is 19.3. The van der Waals surface area contributed by atoms with Crippen LogP contribution in [0.2, 0.25) is 0 Å². The molecule has 0 N–H and O–H groups in total. The summed E-state index contributed by atoms with van der Waals surface area (Å²) in [5.41, 5.74) is 0.419. The molecule has 126 valence electrons. The van der Waals surface area contributed by atoms with Gasteiger partial charge in [0.2, 0.25) is 0 Å². The van der Waals surface area contributed by atoms with E-state index in [2.05, 4.69) is 0 Å². The Morgan fingerprint density at radius 3 is 2.57 bits per heavy atom. The molecule has 6 heteroatoms. The van der Waals surface area contributed by atoms with Crippen LogP contribution in [0.4, 0.5) is 8.78 Å². The average molecular weight is 325 g/mol. The van der Waals surface area contributed by atoms with Crippen molar-refractivity contribution in [3.8, 4) is 5.75 Å². The molecule has 0 radical (unpaired) electrons. The van der Waals surface area contributed by atoms with E-state index in [1.165, 1.54) is 4.90 Å². The summed E-state index contributed by atoms with van der Waals surface area (Å²) in [6.45, 7) is 0.774. The molecule has 23 heavy (non-hydrogen) atoms. The van der Waals surface area contributed by atoms with E-state index in [0.29, 0.717) is 17.9 Å². The number of nitrogens with zero attached hydrogens (tertiary/aromatic N) is 1. The molecule has 0 spiro atoms. The third-order valence-electron chi connectivity index (χ3n) is 4.14. The molecule has 1 saturated carbocycles. The zero-order valence-electron chi connectivity index (χ0n) is 12.9. The van der Waals surface area contributed by atoms with Crippen molar-refractivity contribution in [2.24, 2.45) is 0 Å². The Labute approximate surface area is 134 Å². The minimum absolute atomic E-state index is 0.0352. The lowest BCUT2D eigenvalue weighted by molar-refractivity contribution is 0.0534. The highest BCUT2D eigenvalue weighted by molar-refractivity contribution is 5.94. The number of benzene rings is 1. The van der Waals surface area contributed by atoms with Gasteiger partial charge >= 0.3 is 0 Å². The zero-order valence-corrected chi connectivity index (χ0v) is 12.9. The monoisotopic (exact) mass is 325 g/mol. The number of alkyl halides is 2. The van der Waals surface area contributed by atoms with Gasteiger partial charge in [0.25, 0.3) is 12.3 Å². The Balaban J connectivity index is 1.57. The second kappa shape index (κ2) is 7.25. The van der Waals surface area contributed by atoms with Gasteiger partial charge in [-0.05, 0) is 49.9 Å². The molecular weight excluding hydrogens is 304 g/mol. The predicted molar refractivity (Wildman–Crippen MR) is 81.0 cm³/mol. The summed E-state index contributed by atoms with van der Waals surface area (Å²) >= 11 is 0. The average Bonchev–Trinajstić information content (AvgIpc) is 3.26. The summed E-state index contributed by atoms with van der Waals surface area (Å²) in [5, 5.41) is 0. The van der Waals surface area contributed by atoms with Crippen LogP contribution < -0.4 is 4.74 Å². The first-order valence-corrected chi connectivity index (χ1v) is 8.07. The minimum Gasteiger partial charge on any atom is -0.491 e. The molecule has 1 aromatic rings. The van der Waals surface area contributed by atoms with Crippen molar-refractivity contribution < 1.29 is 23.0 Å². The molecule has 1 amide bonds. The molecule has 1 heterocycles. The summed E-state index contributed by atoms with van der Waals surface area (Å²) in [6, 6.07) is 6.64. The summed E-state index contributed by atoms with van der Waals surface area (Å²) in [6.07, 6.45) is 1.30. The smallest absolute Gasteiger partial charge is 0.255 e. The minimum atomic E-state index is -2.51. The number of ether oxygens (including phenoxy) is 2. The van der Waals surface area contributed by atoms with Gasteiger partial charge in [-0.2, -0.15) is 0 Å². The molecule has 2 fully saturated rings. The molecular formula is C17H21F2NO3. The van der Waals surface area contributed by atoms with Crippen LogP contribution in [-0.2, 0) is 4.74 Å². The molecule has 0 aromatic heterocycles. The van der Waals surface area contributed by atoms with Gasteiger partial charge in [-0.1, -0.05) is 0 Å². The van der Waals surface area contributed by atoms with Crippen LogP contribution in [-0.4, -0.2) is 49.1 Å². The van der Waals surface area contributed by atoms with Crippen LogP contribution in [0.3, 0.4) is 0 Å². The van der Waals surface area contributed by atoms with E-state index in [1.54, 1.807) is 24.3 Å². The van der Waals surface area contributed by atoms with E-state index < -0.39 is 13.0 Å². The van der Waals surface area contributed by atoms with Crippen molar-refractivity contribution in [2.75, 3.05) is 19.8 Å². The van der Waals surface area contributed by atoms with Crippen LogP contribution in [0.5, 0.6) is 5.75 Å². The van der Waals surface area contributed by atoms with Crippen molar-refractivity contribution in [1.29, 1.82) is 0 Å². The van der Waals surface area contributed by atoms with Gasteiger partial charge in [-0.15, -0.1) is 0 Å². The van der Waals surface area contributed by atoms with Crippen molar-refractivity contribution in [3.63, 3.8) is 0 Å². The second-order valence-electron chi connectivity index (χ2n) is 6.05. The molecule has 0 bridgehead atoms. The number of carbonyl (C=O) groups excluding carboxylic acids is 1. The topological polar surface area (TPSA) is 38.8 Å². The van der Waals surface area contributed by atoms with Crippen molar-refractivity contribution in [2.45, 2.75) is 44.3 Å². The normalized spacial score (nSPS) is 20.7. The summed E-state index contributed by atoms with van der Waals surface area (Å²) < 4.78 is 36.4. The molecule has 1 aromatic carbocycles. The van der Waals surface area contributed by atoms with Gasteiger partial charge in [0, 0.05) is 18.2 Å². The SMILES string of the molecule is O=C(c1ccc(OC[C@H]2CCCO2)cc1)N(CC(F)F)C1CC1. The lowest BCUT2D eigenvalue weighted by Crippen LogP contribution is -2.36. The first-order valence-electron chi connectivity index (χ1n) is 8.07. The lowest BCUT2D eigenvalue weighted by atomic mass is 10.2. The van der Waals surface area contributed by atoms with Crippen LogP contribution in [0.25, 0.3) is 0 Å². The predicted octanol–water partition coefficient (Wildman–Crippen LogP) is 3.11. The van der Waals surface area contributed by atoms with Gasteiger partial charge in [0.1, 0.15) is 12.4 Å². The maximum Gasteiger partial charge on any atom is 0.255 e. The molecule has 4 nitrogen and oxygen atoms in total. The standard InChI is InChI=1S/C17H21F2NO3/c18-16(19)10-20(13-5-6-13)17(21)12-3-7-14(8-4-12)23-11-15-2-1-9-22-15/h3-4,7-8,13,15-16H,1-2,5-6,9-11H2/t15-/m1/s1. The number of amides is 1. The summed E-state index contributed by atoms with van der Waals surface area (Å²) in [7, 11) is 0. The van der Waals surface area contributed by atoms with Gasteiger partial charge in [0.15, 0.2) is 0 Å². The Morgan fingerprint density at radius 2 is 2.00 bits per heavy atom. The van der Waals surface area contributed by atoms with Crippen LogP contribution in [0.1, 0.15) is 36.0 Å². The first kappa shape index (κ1) is 16.2. The first-order chi connectivity index (χ1) is 11.1. The number of rotatable bonds is 7. The number of hydrogen-bond acceptors (Lipinski definition) is 3. The van der Waals surface area contributed by atoms with E-state index in [-0.39, 0.29) is 18.1 Å². The Morgan fingerprint density at radius 1 is 1.26 bits per heavy atom. The van der Waals surface area contributed by atoms with E-state index in [1.807, 2.05) is 0 Å². The van der Waals surface area contributed by atoms with Crippen LogP contribution in [0.15, 0.2) is 24.3 Å². The molecule has 1 aliphatic carbocycles. The lowest BCUT2D eigenvalue weighted by Gasteiger charge is -2.22. The van der Waals surface area contributed by atoms with Gasteiger partial charge in [-0.3, -0.25) is 4.79 Å². The van der Waals surface area contributed by atoms with Gasteiger partial charge in [0.05, 0.1) is 12.6 Å². The van der Waals surface area contributed by atoms with Gasteiger partial charge in [-0.25, -0.2) is 8.78 Å². The molecule has 3 rings (SSSR count). The van der Waals surface area contributed by atoms with Crippen molar-refractivity contribution >= 4 is 5.91 Å². The highest BCUT2D eigenvalue weighted by Gasteiger charge is 2.34. The number of hydrogen-bond donors (Lipinski definition) is 0. The Kier molecular flexibility index (Phi) is 5.10. The van der Waals surface area contributed by atoms with E-state index in [4.69, 9.17) is 9.47 Å². The summed E-state index contributed by atoms with van der Waals surface area (Å²) in [5.74, 6) is 0.322. The maximum atomic E-state index is 12.6. The molecule has 1 aliphatic heterocycles. The fourth-order valence-electron chi connectivity index (χ4n) is 2.76. The quantitative estimate of drug-likeness (QED) is 0.773. The maximum absolute atomic E-state index is 12.6.